The van der Waals surface area contributed by atoms with E-state index in [1.807, 2.05) is 35.2 Å². The highest BCUT2D eigenvalue weighted by molar-refractivity contribution is 6.01. The number of nitrogens with zero attached hydrogens (tertiary/aromatic N) is 1. The van der Waals surface area contributed by atoms with Crippen molar-refractivity contribution in [3.8, 4) is 11.5 Å². The summed E-state index contributed by atoms with van der Waals surface area (Å²) in [4.78, 5) is 14.8. The minimum Gasteiger partial charge on any atom is -0.493 e. The molecule has 0 fully saturated rings. The molecular formula is C19H19NO3. The first-order valence-electron chi connectivity index (χ1n) is 7.78. The van der Waals surface area contributed by atoms with Crippen molar-refractivity contribution in [3.05, 3.63) is 58.7 Å². The van der Waals surface area contributed by atoms with E-state index < -0.39 is 5.54 Å². The number of ether oxygens (including phenoxy) is 2. The first-order valence-corrected chi connectivity index (χ1v) is 7.78. The second-order valence-corrected chi connectivity index (χ2v) is 6.19. The van der Waals surface area contributed by atoms with Gasteiger partial charge in [-0.1, -0.05) is 18.2 Å². The minimum absolute atomic E-state index is 0.114. The molecule has 4 heteroatoms. The topological polar surface area (TPSA) is 38.8 Å². The van der Waals surface area contributed by atoms with E-state index >= 15 is 0 Å². The molecular weight excluding hydrogens is 290 g/mol. The number of amides is 1. The molecule has 0 aliphatic carbocycles. The first-order chi connectivity index (χ1) is 11.1. The largest absolute Gasteiger partial charge is 0.493 e. The zero-order valence-electron chi connectivity index (χ0n) is 13.6. The number of rotatable bonds is 2. The summed E-state index contributed by atoms with van der Waals surface area (Å²) in [5.74, 6) is 1.55. The van der Waals surface area contributed by atoms with Gasteiger partial charge < -0.3 is 14.4 Å². The van der Waals surface area contributed by atoms with Crippen molar-refractivity contribution < 1.29 is 14.3 Å². The van der Waals surface area contributed by atoms with E-state index in [2.05, 4.69) is 13.0 Å². The van der Waals surface area contributed by atoms with E-state index in [1.54, 1.807) is 14.2 Å². The number of methoxy groups -OCH3 is 2. The number of fused-ring (bicyclic) bond motifs is 5. The van der Waals surface area contributed by atoms with Gasteiger partial charge in [0.15, 0.2) is 11.5 Å². The highest BCUT2D eigenvalue weighted by atomic mass is 16.5. The quantitative estimate of drug-likeness (QED) is 0.856. The Morgan fingerprint density at radius 3 is 2.48 bits per heavy atom. The molecule has 0 radical (unpaired) electrons. The van der Waals surface area contributed by atoms with E-state index in [1.165, 1.54) is 5.56 Å². The van der Waals surface area contributed by atoms with Crippen molar-refractivity contribution in [2.45, 2.75) is 18.9 Å². The molecule has 0 N–H and O–H groups in total. The normalized spacial score (nSPS) is 21.5. The molecule has 1 amide bonds. The second-order valence-electron chi connectivity index (χ2n) is 6.19. The van der Waals surface area contributed by atoms with Gasteiger partial charge in [-0.25, -0.2) is 0 Å². The average Bonchev–Trinajstić information content (AvgIpc) is 2.82. The van der Waals surface area contributed by atoms with Crippen LogP contribution in [-0.4, -0.2) is 31.6 Å². The van der Waals surface area contributed by atoms with Crippen LogP contribution in [0, 0.1) is 0 Å². The fourth-order valence-electron chi connectivity index (χ4n) is 4.02. The molecule has 0 bridgehead atoms. The molecule has 2 heterocycles. The summed E-state index contributed by atoms with van der Waals surface area (Å²) in [5, 5.41) is 0. The lowest BCUT2D eigenvalue weighted by molar-refractivity contribution is 0.0630. The Hall–Kier alpha value is -2.49. The zero-order valence-corrected chi connectivity index (χ0v) is 13.6. The molecule has 0 spiro atoms. The predicted molar refractivity (Wildman–Crippen MR) is 87.2 cm³/mol. The molecule has 0 saturated heterocycles. The van der Waals surface area contributed by atoms with Crippen molar-refractivity contribution in [2.24, 2.45) is 0 Å². The van der Waals surface area contributed by atoms with Crippen LogP contribution in [0.15, 0.2) is 36.4 Å². The lowest BCUT2D eigenvalue weighted by atomic mass is 9.78. The fourth-order valence-corrected chi connectivity index (χ4v) is 4.02. The van der Waals surface area contributed by atoms with Gasteiger partial charge in [-0.3, -0.25) is 4.79 Å². The Morgan fingerprint density at radius 2 is 1.74 bits per heavy atom. The Kier molecular flexibility index (Phi) is 2.92. The third-order valence-electron chi connectivity index (χ3n) is 5.21. The highest BCUT2D eigenvalue weighted by Gasteiger charge is 2.50. The van der Waals surface area contributed by atoms with Crippen molar-refractivity contribution in [1.29, 1.82) is 0 Å². The molecule has 2 aromatic carbocycles. The minimum atomic E-state index is -0.444. The number of hydrogen-bond donors (Lipinski definition) is 0. The van der Waals surface area contributed by atoms with Gasteiger partial charge in [-0.05, 0) is 48.2 Å². The average molecular weight is 309 g/mol. The van der Waals surface area contributed by atoms with Gasteiger partial charge in [0.2, 0.25) is 0 Å². The van der Waals surface area contributed by atoms with Crippen molar-refractivity contribution >= 4 is 5.91 Å². The van der Waals surface area contributed by atoms with Gasteiger partial charge >= 0.3 is 0 Å². The van der Waals surface area contributed by atoms with Gasteiger partial charge in [0, 0.05) is 12.1 Å². The second kappa shape index (κ2) is 4.75. The monoisotopic (exact) mass is 309 g/mol. The maximum Gasteiger partial charge on any atom is 0.255 e. The highest BCUT2D eigenvalue weighted by Crippen LogP contribution is 2.49. The summed E-state index contributed by atoms with van der Waals surface area (Å²) < 4.78 is 10.9. The SMILES string of the molecule is COc1cc2c(cc1OC)C1(C)c3ccccc3C(=O)N1CC2. The van der Waals surface area contributed by atoms with Crippen LogP contribution in [0.3, 0.4) is 0 Å². The summed E-state index contributed by atoms with van der Waals surface area (Å²) in [7, 11) is 3.29. The molecule has 2 aliphatic heterocycles. The van der Waals surface area contributed by atoms with Gasteiger partial charge in [0.05, 0.1) is 19.8 Å². The third-order valence-corrected chi connectivity index (χ3v) is 5.21. The maximum absolute atomic E-state index is 12.8. The van der Waals surface area contributed by atoms with Crippen molar-refractivity contribution in [1.82, 2.24) is 4.90 Å². The summed E-state index contributed by atoms with van der Waals surface area (Å²) in [6.45, 7) is 2.84. The fraction of sp³-hybridized carbons (Fsp3) is 0.316. The molecule has 1 unspecified atom stereocenters. The molecule has 2 aliphatic rings. The van der Waals surface area contributed by atoms with Crippen LogP contribution in [-0.2, 0) is 12.0 Å². The Labute approximate surface area is 135 Å². The third kappa shape index (κ3) is 1.69. The van der Waals surface area contributed by atoms with Crippen LogP contribution in [0.5, 0.6) is 11.5 Å². The summed E-state index contributed by atoms with van der Waals surface area (Å²) in [5.41, 5.74) is 3.77. The van der Waals surface area contributed by atoms with E-state index in [0.29, 0.717) is 12.3 Å². The van der Waals surface area contributed by atoms with E-state index in [4.69, 9.17) is 9.47 Å². The predicted octanol–water partition coefficient (Wildman–Crippen LogP) is 2.98. The first kappa shape index (κ1) is 14.1. The molecule has 23 heavy (non-hydrogen) atoms. The Balaban J connectivity index is 2.00. The van der Waals surface area contributed by atoms with Crippen LogP contribution >= 0.6 is 0 Å². The maximum atomic E-state index is 12.8. The van der Waals surface area contributed by atoms with Crippen molar-refractivity contribution in [2.75, 3.05) is 20.8 Å². The standard InChI is InChI=1S/C19H19NO3/c1-19-14-7-5-4-6-13(14)18(21)20(19)9-8-12-10-16(22-2)17(23-3)11-15(12)19/h4-7,10-11H,8-9H2,1-3H3. The van der Waals surface area contributed by atoms with E-state index in [9.17, 15) is 4.79 Å². The molecule has 2 aromatic rings. The van der Waals surface area contributed by atoms with Crippen LogP contribution in [0.4, 0.5) is 0 Å². The lowest BCUT2D eigenvalue weighted by Gasteiger charge is -2.42. The smallest absolute Gasteiger partial charge is 0.255 e. The lowest BCUT2D eigenvalue weighted by Crippen LogP contribution is -2.47. The van der Waals surface area contributed by atoms with Crippen molar-refractivity contribution in [3.63, 3.8) is 0 Å². The number of carbonyl (C=O) groups excluding carboxylic acids is 1. The van der Waals surface area contributed by atoms with E-state index in [0.717, 1.165) is 28.9 Å². The Bertz CT molecular complexity index is 814. The number of hydrogen-bond acceptors (Lipinski definition) is 3. The molecule has 0 aromatic heterocycles. The molecule has 1 atom stereocenters. The molecule has 4 nitrogen and oxygen atoms in total. The number of benzene rings is 2. The van der Waals surface area contributed by atoms with Crippen LogP contribution in [0.1, 0.15) is 34.0 Å². The van der Waals surface area contributed by atoms with E-state index in [-0.39, 0.29) is 5.91 Å². The van der Waals surface area contributed by atoms with Crippen LogP contribution in [0.25, 0.3) is 0 Å². The van der Waals surface area contributed by atoms with Gasteiger partial charge in [0.1, 0.15) is 0 Å². The summed E-state index contributed by atoms with van der Waals surface area (Å²) in [6.07, 6.45) is 0.824. The van der Waals surface area contributed by atoms with Gasteiger partial charge in [0.25, 0.3) is 5.91 Å². The van der Waals surface area contributed by atoms with Gasteiger partial charge in [-0.2, -0.15) is 0 Å². The zero-order chi connectivity index (χ0) is 16.2. The molecule has 4 rings (SSSR count). The number of carbonyl (C=O) groups is 1. The summed E-state index contributed by atoms with van der Waals surface area (Å²) in [6, 6.07) is 12.0. The summed E-state index contributed by atoms with van der Waals surface area (Å²) >= 11 is 0. The van der Waals surface area contributed by atoms with Gasteiger partial charge in [-0.15, -0.1) is 0 Å². The van der Waals surface area contributed by atoms with Crippen LogP contribution in [0.2, 0.25) is 0 Å². The Morgan fingerprint density at radius 1 is 1.04 bits per heavy atom. The van der Waals surface area contributed by atoms with Crippen LogP contribution < -0.4 is 9.47 Å². The molecule has 118 valence electrons. The molecule has 0 saturated carbocycles.